The van der Waals surface area contributed by atoms with Gasteiger partial charge in [-0.05, 0) is 177 Å². The van der Waals surface area contributed by atoms with Crippen molar-refractivity contribution in [3.05, 3.63) is 285 Å². The summed E-state index contributed by atoms with van der Waals surface area (Å²) >= 11 is 0. The monoisotopic (exact) mass is 1220 g/mol. The fourth-order valence-electron chi connectivity index (χ4n) is 13.3. The van der Waals surface area contributed by atoms with Gasteiger partial charge < -0.3 is 0 Å². The van der Waals surface area contributed by atoms with E-state index < -0.39 is 64.2 Å². The SMILES string of the molecule is [2H]C([2H])([2H])C1(C([2H])([2H])[2H])c2cc(C)c(-c3ccc(-c4ccc(C)cc4)c[n+]3C)cc2-c2ccc(C)nc21.[2H]C([2H])([2H])C1(C([2H])([2H])[2H])c2cc(C)c(-c3ccc(-c4ccccc4)c[n+]3C)cc2-c2ccc(C)nc21.[2H]C([2H])([2H])c1ccc(-c2ccc(-c3cc4c(cc3C)C(C([2H])([2H])[2H])(C([2H])([2H])[2H])c3nc(C)ccc3-4)[n+](C)c2)cc1. The molecule has 0 spiro atoms. The molecule has 0 saturated heterocycles. The third kappa shape index (κ3) is 10.8. The van der Waals surface area contributed by atoms with Crippen molar-refractivity contribution in [3.63, 3.8) is 0 Å². The molecule has 0 radical (unpaired) electrons. The molecule has 3 aliphatic rings. The first-order chi connectivity index (χ1) is 52.6. The average molecular weight is 1220 g/mol. The summed E-state index contributed by atoms with van der Waals surface area (Å²) in [6.45, 7) is -6.27. The molecule has 6 nitrogen and oxygen atoms in total. The third-order valence-electron chi connectivity index (χ3n) is 18.3. The van der Waals surface area contributed by atoms with Gasteiger partial charge in [-0.1, -0.05) is 167 Å². The molecule has 0 unspecified atom stereocenters. The van der Waals surface area contributed by atoms with Gasteiger partial charge in [0.05, 0.1) is 17.1 Å². The van der Waals surface area contributed by atoms with Crippen LogP contribution in [0.25, 0.3) is 101 Å². The molecule has 0 amide bonds. The van der Waals surface area contributed by atoms with E-state index in [0.29, 0.717) is 61.6 Å². The summed E-state index contributed by atoms with van der Waals surface area (Å²) in [4.78, 5) is 13.6. The van der Waals surface area contributed by atoms with Crippen molar-refractivity contribution in [3.8, 4) is 101 Å². The highest BCUT2D eigenvalue weighted by atomic mass is 14.9. The van der Waals surface area contributed by atoms with E-state index in [0.717, 1.165) is 83.8 Å². The number of pyridine rings is 6. The Morgan fingerprint density at radius 3 is 0.902 bits per heavy atom. The van der Waals surface area contributed by atoms with Gasteiger partial charge in [-0.15, -0.1) is 0 Å². The van der Waals surface area contributed by atoms with Crippen molar-refractivity contribution in [2.24, 2.45) is 21.1 Å². The van der Waals surface area contributed by atoms with Crippen molar-refractivity contribution in [2.75, 3.05) is 0 Å². The zero-order valence-corrected chi connectivity index (χ0v) is 53.3. The van der Waals surface area contributed by atoms with E-state index >= 15 is 0 Å². The molecule has 15 rings (SSSR count). The van der Waals surface area contributed by atoms with E-state index in [1.165, 1.54) is 5.56 Å². The second-order valence-corrected chi connectivity index (χ2v) is 25.0. The maximum absolute atomic E-state index is 8.44. The van der Waals surface area contributed by atoms with Crippen LogP contribution in [-0.2, 0) is 37.4 Å². The highest BCUT2D eigenvalue weighted by Gasteiger charge is 2.41. The summed E-state index contributed by atoms with van der Waals surface area (Å²) in [7, 11) is 5.85. The van der Waals surface area contributed by atoms with Crippen molar-refractivity contribution < 1.29 is 42.5 Å². The number of benzene rings is 6. The molecule has 6 aromatic carbocycles. The molecular weight excluding hydrogens is 1120 g/mol. The van der Waals surface area contributed by atoms with Gasteiger partial charge in [0, 0.05) is 130 Å². The van der Waals surface area contributed by atoms with E-state index in [4.69, 9.17) is 28.8 Å². The smallest absolute Gasteiger partial charge is 0.212 e. The second kappa shape index (κ2) is 23.2. The quantitative estimate of drug-likeness (QED) is 0.156. The molecule has 12 aromatic rings. The third-order valence-corrected chi connectivity index (χ3v) is 18.3. The number of nitrogens with zero attached hydrogens (tertiary/aromatic N) is 6. The molecule has 0 aliphatic heterocycles. The van der Waals surface area contributed by atoms with Crippen LogP contribution in [0.15, 0.2) is 207 Å². The molecule has 6 heterocycles. The highest BCUT2D eigenvalue weighted by molar-refractivity contribution is 5.87. The molecule has 6 aromatic heterocycles. The van der Waals surface area contributed by atoms with Gasteiger partial charge in [0.25, 0.3) is 0 Å². The van der Waals surface area contributed by atoms with Gasteiger partial charge in [-0.25, -0.2) is 13.7 Å². The van der Waals surface area contributed by atoms with Gasteiger partial charge in [-0.2, -0.15) is 0 Å². The minimum absolute atomic E-state index is 0.0688. The van der Waals surface area contributed by atoms with Crippen LogP contribution < -0.4 is 13.7 Å². The lowest BCUT2D eigenvalue weighted by atomic mass is 9.83. The highest BCUT2D eigenvalue weighted by Crippen LogP contribution is 2.52. The van der Waals surface area contributed by atoms with Gasteiger partial charge >= 0.3 is 0 Å². The topological polar surface area (TPSA) is 50.3 Å². The summed E-state index contributed by atoms with van der Waals surface area (Å²) in [6.07, 6.45) is 6.08. The molecule has 6 heteroatoms. The van der Waals surface area contributed by atoms with Crippen LogP contribution in [0.4, 0.5) is 0 Å². The van der Waals surface area contributed by atoms with Crippen LogP contribution >= 0.6 is 0 Å². The Bertz CT molecular complexity index is 5730. The summed E-state index contributed by atoms with van der Waals surface area (Å²) in [6, 6.07) is 59.0. The summed E-state index contributed by atoms with van der Waals surface area (Å²) in [5, 5.41) is 0. The maximum atomic E-state index is 8.44. The molecule has 92 heavy (non-hydrogen) atoms. The lowest BCUT2D eigenvalue weighted by Crippen LogP contribution is -2.31. The van der Waals surface area contributed by atoms with Gasteiger partial charge in [0.15, 0.2) is 18.6 Å². The lowest BCUT2D eigenvalue weighted by Gasteiger charge is -2.21. The molecule has 3 aliphatic carbocycles. The van der Waals surface area contributed by atoms with Gasteiger partial charge in [0.1, 0.15) is 21.1 Å². The Hall–Kier alpha value is -9.78. The molecule has 0 atom stereocenters. The van der Waals surface area contributed by atoms with Crippen LogP contribution in [0, 0.1) is 55.3 Å². The largest absolute Gasteiger partial charge is 0.257 e. The fraction of sp³-hybridized carbons (Fsp3) is 0.233. The second-order valence-electron chi connectivity index (χ2n) is 25.0. The number of hydrogen-bond donors (Lipinski definition) is 0. The number of fused-ring (bicyclic) bond motifs is 9. The fourth-order valence-corrected chi connectivity index (χ4v) is 13.3. The molecule has 456 valence electrons. The normalized spacial score (nSPS) is 18.1. The Morgan fingerprint density at radius 1 is 0.293 bits per heavy atom. The van der Waals surface area contributed by atoms with Crippen LogP contribution in [0.1, 0.15) is 149 Å². The summed E-state index contributed by atoms with van der Waals surface area (Å²) in [5.74, 6) is 0. The van der Waals surface area contributed by atoms with Crippen molar-refractivity contribution in [2.45, 2.75) is 113 Å². The van der Waals surface area contributed by atoms with Crippen LogP contribution in [-0.4, -0.2) is 15.0 Å². The molecule has 0 fully saturated rings. The van der Waals surface area contributed by atoms with E-state index in [1.54, 1.807) is 99.6 Å². The van der Waals surface area contributed by atoms with Crippen LogP contribution in [0.2, 0.25) is 0 Å². The first-order valence-corrected chi connectivity index (χ1v) is 30.7. The number of aryl methyl sites for hydroxylation is 11. The number of aromatic nitrogens is 6. The van der Waals surface area contributed by atoms with Crippen molar-refractivity contribution in [1.29, 1.82) is 0 Å². The van der Waals surface area contributed by atoms with Crippen LogP contribution in [0.5, 0.6) is 0 Å². The predicted octanol–water partition coefficient (Wildman–Crippen LogP) is 19.1. The van der Waals surface area contributed by atoms with E-state index in [1.807, 2.05) is 122 Å². The first-order valence-electron chi connectivity index (χ1n) is 41.2. The number of hydrogen-bond acceptors (Lipinski definition) is 3. The standard InChI is InChI=1S/2C29H29N2.C28H27N2/c2*1-18-7-10-21(11-8-18)22-12-14-27(31(6)17-22)24-16-25-23-13-9-20(3)30-28(23)29(4,5)26(25)15-19(24)2;1-18-15-25-24(22-13-11-19(2)29-27(22)28(25,3)4)16-23(18)26-14-12-21(17-30(26)5)20-9-7-6-8-10-20/h2*7-17H,1-6H3;6-17H,1-5H3/q3*+1/i1D3,4D3,5D3;4D3,5D3;3D3,4D3. The molecule has 0 N–H and O–H groups in total. The van der Waals surface area contributed by atoms with E-state index in [2.05, 4.69) is 82.8 Å². The van der Waals surface area contributed by atoms with Crippen molar-refractivity contribution in [1.82, 2.24) is 15.0 Å². The minimum atomic E-state index is -2.87. The Kier molecular flexibility index (Phi) is 10.3. The lowest BCUT2D eigenvalue weighted by molar-refractivity contribution is -0.660. The van der Waals surface area contributed by atoms with E-state index in [9.17, 15) is 0 Å². The predicted molar refractivity (Wildman–Crippen MR) is 379 cm³/mol. The first kappa shape index (κ1) is 40.9. The summed E-state index contributed by atoms with van der Waals surface area (Å²) in [5.41, 5.74) is 15.0. The Balaban J connectivity index is 0.000000148. The van der Waals surface area contributed by atoms with Gasteiger partial charge in [-0.3, -0.25) is 15.0 Å². The van der Waals surface area contributed by atoms with E-state index in [-0.39, 0.29) is 28.2 Å². The zero-order valence-electron chi connectivity index (χ0n) is 74.3. The molecule has 0 bridgehead atoms. The number of rotatable bonds is 6. The Labute approximate surface area is 575 Å². The minimum Gasteiger partial charge on any atom is -0.257 e. The Morgan fingerprint density at radius 2 is 0.598 bits per heavy atom. The van der Waals surface area contributed by atoms with Gasteiger partial charge in [0.2, 0.25) is 17.1 Å². The molecule has 0 saturated carbocycles. The zero-order chi connectivity index (χ0) is 82.4. The average Bonchev–Trinajstić information content (AvgIpc) is 1.55. The van der Waals surface area contributed by atoms with Crippen LogP contribution in [0.3, 0.4) is 0 Å². The van der Waals surface area contributed by atoms with Crippen molar-refractivity contribution >= 4 is 0 Å². The summed E-state index contributed by atoms with van der Waals surface area (Å²) < 4.78 is 181. The molecular formula is C86H85N6+3. The maximum Gasteiger partial charge on any atom is 0.212 e.